The van der Waals surface area contributed by atoms with Crippen molar-refractivity contribution >= 4 is 0 Å². The molecule has 0 saturated heterocycles. The maximum absolute atomic E-state index is 4.32. The minimum Gasteiger partial charge on any atom is -0.304 e. The first-order chi connectivity index (χ1) is 6.38. The zero-order chi connectivity index (χ0) is 9.10. The Morgan fingerprint density at radius 1 is 1.14 bits per heavy atom. The fraction of sp³-hybridized carbons (Fsp3) is 0.0833. The zero-order valence-electron chi connectivity index (χ0n) is 7.84. The summed E-state index contributed by atoms with van der Waals surface area (Å²) in [6.07, 6.45) is 1.81. The fourth-order valence-corrected chi connectivity index (χ4v) is 1.31. The van der Waals surface area contributed by atoms with Crippen LogP contribution in [0.15, 0.2) is 42.6 Å². The summed E-state index contributed by atoms with van der Waals surface area (Å²) in [6.45, 7) is 2.06. The SMILES string of the molecule is Cc1cccnc1-c1[c-]cccc1.[Ru+]. The molecule has 1 radical (unpaired) electrons. The molecule has 14 heavy (non-hydrogen) atoms. The molecule has 1 heterocycles. The molecule has 1 nitrogen and oxygen atoms in total. The Balaban J connectivity index is 0.000000980. The molecular formula is C12H10NRu. The molecule has 0 fully saturated rings. The van der Waals surface area contributed by atoms with Crippen LogP contribution in [0.2, 0.25) is 0 Å². The van der Waals surface area contributed by atoms with Gasteiger partial charge in [-0.15, -0.1) is 35.9 Å². The van der Waals surface area contributed by atoms with E-state index in [0.29, 0.717) is 0 Å². The Labute approximate surface area is 97.0 Å². The van der Waals surface area contributed by atoms with Crippen LogP contribution in [0.5, 0.6) is 0 Å². The van der Waals surface area contributed by atoms with E-state index in [1.807, 2.05) is 36.5 Å². The average Bonchev–Trinajstić information content (AvgIpc) is 2.20. The Morgan fingerprint density at radius 3 is 2.64 bits per heavy atom. The van der Waals surface area contributed by atoms with Gasteiger partial charge in [-0.3, -0.25) is 0 Å². The molecule has 0 amide bonds. The van der Waals surface area contributed by atoms with Gasteiger partial charge in [0.2, 0.25) is 0 Å². The number of hydrogen-bond donors (Lipinski definition) is 0. The van der Waals surface area contributed by atoms with Crippen molar-refractivity contribution < 1.29 is 19.5 Å². The van der Waals surface area contributed by atoms with Crippen molar-refractivity contribution in [1.82, 2.24) is 4.98 Å². The second-order valence-corrected chi connectivity index (χ2v) is 2.95. The minimum absolute atomic E-state index is 0. The van der Waals surface area contributed by atoms with E-state index in [0.717, 1.165) is 11.3 Å². The molecule has 0 saturated carbocycles. The molecule has 71 valence electrons. The van der Waals surface area contributed by atoms with Gasteiger partial charge in [-0.05, 0) is 18.7 Å². The van der Waals surface area contributed by atoms with Crippen LogP contribution >= 0.6 is 0 Å². The van der Waals surface area contributed by atoms with Crippen LogP contribution in [0.1, 0.15) is 5.56 Å². The molecule has 0 bridgehead atoms. The van der Waals surface area contributed by atoms with Crippen LogP contribution in [0, 0.1) is 13.0 Å². The topological polar surface area (TPSA) is 12.9 Å². The Morgan fingerprint density at radius 2 is 2.00 bits per heavy atom. The van der Waals surface area contributed by atoms with Gasteiger partial charge in [-0.1, -0.05) is 11.6 Å². The molecule has 2 heteroatoms. The summed E-state index contributed by atoms with van der Waals surface area (Å²) >= 11 is 0. The van der Waals surface area contributed by atoms with Gasteiger partial charge in [0.15, 0.2) is 0 Å². The number of benzene rings is 1. The Bertz CT molecular complexity index is 398. The number of pyridine rings is 1. The first kappa shape index (κ1) is 11.1. The standard InChI is InChI=1S/C12H10N.Ru/c1-10-6-5-9-13-12(10)11-7-3-2-4-8-11;/h2-7,9H,1H3;/q-1;+1. The summed E-state index contributed by atoms with van der Waals surface area (Å²) in [5.74, 6) is 0. The molecule has 0 atom stereocenters. The molecule has 0 N–H and O–H groups in total. The predicted molar refractivity (Wildman–Crippen MR) is 53.2 cm³/mol. The maximum atomic E-state index is 4.32. The summed E-state index contributed by atoms with van der Waals surface area (Å²) in [4.78, 5) is 4.32. The predicted octanol–water partition coefficient (Wildman–Crippen LogP) is 2.85. The monoisotopic (exact) mass is 270 g/mol. The van der Waals surface area contributed by atoms with Crippen LogP contribution in [-0.2, 0) is 19.5 Å². The molecule has 0 unspecified atom stereocenters. The first-order valence-electron chi connectivity index (χ1n) is 4.26. The van der Waals surface area contributed by atoms with Crippen molar-refractivity contribution in [3.63, 3.8) is 0 Å². The number of aryl methyl sites for hydroxylation is 1. The van der Waals surface area contributed by atoms with Gasteiger partial charge in [0.1, 0.15) is 0 Å². The molecular weight excluding hydrogens is 259 g/mol. The zero-order valence-corrected chi connectivity index (χ0v) is 9.58. The van der Waals surface area contributed by atoms with Gasteiger partial charge < -0.3 is 4.98 Å². The molecule has 2 aromatic rings. The van der Waals surface area contributed by atoms with Crippen molar-refractivity contribution in [2.45, 2.75) is 6.92 Å². The quantitative estimate of drug-likeness (QED) is 0.573. The smallest absolute Gasteiger partial charge is 0.304 e. The van der Waals surface area contributed by atoms with Crippen molar-refractivity contribution in [1.29, 1.82) is 0 Å². The van der Waals surface area contributed by atoms with E-state index in [-0.39, 0.29) is 19.5 Å². The number of aromatic nitrogens is 1. The largest absolute Gasteiger partial charge is 1.00 e. The third-order valence-corrected chi connectivity index (χ3v) is 1.97. The van der Waals surface area contributed by atoms with Crippen LogP contribution in [-0.4, -0.2) is 4.98 Å². The van der Waals surface area contributed by atoms with E-state index in [2.05, 4.69) is 24.0 Å². The van der Waals surface area contributed by atoms with Crippen LogP contribution < -0.4 is 0 Å². The molecule has 1 aromatic carbocycles. The van der Waals surface area contributed by atoms with E-state index >= 15 is 0 Å². The van der Waals surface area contributed by atoms with Gasteiger partial charge in [-0.2, -0.15) is 0 Å². The normalized spacial score (nSPS) is 9.21. The van der Waals surface area contributed by atoms with Crippen molar-refractivity contribution in [2.24, 2.45) is 0 Å². The van der Waals surface area contributed by atoms with Crippen LogP contribution in [0.25, 0.3) is 11.3 Å². The molecule has 0 spiro atoms. The molecule has 2 rings (SSSR count). The van der Waals surface area contributed by atoms with Gasteiger partial charge >= 0.3 is 19.5 Å². The minimum atomic E-state index is 0. The summed E-state index contributed by atoms with van der Waals surface area (Å²) in [5.41, 5.74) is 3.26. The summed E-state index contributed by atoms with van der Waals surface area (Å²) in [5, 5.41) is 0. The summed E-state index contributed by atoms with van der Waals surface area (Å²) in [7, 11) is 0. The maximum Gasteiger partial charge on any atom is 1.00 e. The van der Waals surface area contributed by atoms with Crippen molar-refractivity contribution in [2.75, 3.05) is 0 Å². The van der Waals surface area contributed by atoms with Gasteiger partial charge in [0.25, 0.3) is 0 Å². The second-order valence-electron chi connectivity index (χ2n) is 2.95. The average molecular weight is 269 g/mol. The van der Waals surface area contributed by atoms with Gasteiger partial charge in [0, 0.05) is 6.20 Å². The molecule has 0 aliphatic carbocycles. The first-order valence-corrected chi connectivity index (χ1v) is 4.26. The van der Waals surface area contributed by atoms with E-state index in [1.54, 1.807) is 0 Å². The van der Waals surface area contributed by atoms with Crippen LogP contribution in [0.4, 0.5) is 0 Å². The number of nitrogens with zero attached hydrogens (tertiary/aromatic N) is 1. The Kier molecular flexibility index (Phi) is 3.97. The van der Waals surface area contributed by atoms with Crippen molar-refractivity contribution in [3.8, 4) is 11.3 Å². The molecule has 0 aliphatic heterocycles. The van der Waals surface area contributed by atoms with E-state index in [1.165, 1.54) is 5.56 Å². The van der Waals surface area contributed by atoms with Crippen LogP contribution in [0.3, 0.4) is 0 Å². The Hall–Kier alpha value is -1.01. The van der Waals surface area contributed by atoms with E-state index in [4.69, 9.17) is 0 Å². The molecule has 1 aromatic heterocycles. The van der Waals surface area contributed by atoms with Gasteiger partial charge in [-0.25, -0.2) is 0 Å². The van der Waals surface area contributed by atoms with Gasteiger partial charge in [0.05, 0.1) is 0 Å². The van der Waals surface area contributed by atoms with E-state index in [9.17, 15) is 0 Å². The summed E-state index contributed by atoms with van der Waals surface area (Å²) < 4.78 is 0. The van der Waals surface area contributed by atoms with E-state index < -0.39 is 0 Å². The molecule has 0 aliphatic rings. The fourth-order valence-electron chi connectivity index (χ4n) is 1.31. The number of rotatable bonds is 1. The summed E-state index contributed by atoms with van der Waals surface area (Å²) in [6, 6.07) is 15.1. The third kappa shape index (κ3) is 2.27. The second kappa shape index (κ2) is 5.02. The number of hydrogen-bond acceptors (Lipinski definition) is 1. The third-order valence-electron chi connectivity index (χ3n) is 1.97. The van der Waals surface area contributed by atoms with Crippen molar-refractivity contribution in [3.05, 3.63) is 54.2 Å².